The van der Waals surface area contributed by atoms with E-state index in [-0.39, 0.29) is 35.8 Å². The Morgan fingerprint density at radius 3 is 2.69 bits per heavy atom. The molecule has 26 heavy (non-hydrogen) atoms. The van der Waals surface area contributed by atoms with Gasteiger partial charge in [-0.25, -0.2) is 9.82 Å². The minimum Gasteiger partial charge on any atom is -0.504 e. The summed E-state index contributed by atoms with van der Waals surface area (Å²) in [5.41, 5.74) is 2.56. The van der Waals surface area contributed by atoms with Gasteiger partial charge >= 0.3 is 0 Å². The van der Waals surface area contributed by atoms with Crippen LogP contribution in [-0.4, -0.2) is 28.8 Å². The van der Waals surface area contributed by atoms with Crippen LogP contribution in [0.3, 0.4) is 0 Å². The molecule has 9 heteroatoms. The van der Waals surface area contributed by atoms with E-state index in [0.717, 1.165) is 18.3 Å². The summed E-state index contributed by atoms with van der Waals surface area (Å²) in [4.78, 5) is 22.1. The molecule has 2 N–H and O–H groups in total. The second-order valence-electron chi connectivity index (χ2n) is 5.17. The highest BCUT2D eigenvalue weighted by molar-refractivity contribution is 5.87. The number of halogens is 1. The topological polar surface area (TPSA) is 114 Å². The molecule has 2 aromatic carbocycles. The van der Waals surface area contributed by atoms with Crippen LogP contribution in [-0.2, 0) is 11.2 Å². The maximum Gasteiger partial charge on any atom is 0.274 e. The third kappa shape index (κ3) is 5.00. The number of ether oxygens (including phenoxy) is 1. The lowest BCUT2D eigenvalue weighted by Crippen LogP contribution is -2.19. The summed E-state index contributed by atoms with van der Waals surface area (Å²) in [5, 5.41) is 24.7. The lowest BCUT2D eigenvalue weighted by Gasteiger charge is -2.08. The van der Waals surface area contributed by atoms with E-state index in [1.807, 2.05) is 0 Å². The quantitative estimate of drug-likeness (QED) is 0.447. The summed E-state index contributed by atoms with van der Waals surface area (Å²) >= 11 is 0. The van der Waals surface area contributed by atoms with Crippen molar-refractivity contribution >= 4 is 17.8 Å². The zero-order chi connectivity index (χ0) is 19.1. The molecular weight excluding hydrogens is 345 g/mol. The van der Waals surface area contributed by atoms with Gasteiger partial charge in [0.25, 0.3) is 5.69 Å². The van der Waals surface area contributed by atoms with E-state index >= 15 is 0 Å². The molecule has 0 saturated heterocycles. The fourth-order valence-corrected chi connectivity index (χ4v) is 2.08. The van der Waals surface area contributed by atoms with Crippen LogP contribution in [0, 0.1) is 15.9 Å². The molecule has 8 nitrogen and oxygen atoms in total. The van der Waals surface area contributed by atoms with Gasteiger partial charge in [0.15, 0.2) is 11.5 Å². The third-order valence-corrected chi connectivity index (χ3v) is 3.27. The van der Waals surface area contributed by atoms with Crippen LogP contribution >= 0.6 is 0 Å². The average Bonchev–Trinajstić information content (AvgIpc) is 2.60. The van der Waals surface area contributed by atoms with Crippen molar-refractivity contribution in [3.63, 3.8) is 0 Å². The molecular formula is C17H16FN3O5. The van der Waals surface area contributed by atoms with Gasteiger partial charge in [-0.3, -0.25) is 14.9 Å². The number of phenols is 1. The van der Waals surface area contributed by atoms with Crippen molar-refractivity contribution in [3.05, 3.63) is 63.5 Å². The number of nitrogens with one attached hydrogen (secondary N) is 1. The SMILES string of the molecule is CCOc1cc([N+](=O)[O-])cc(/C=N/NC(=O)Cc2ccc(F)cc2)c1O. The number of nitro groups is 1. The third-order valence-electron chi connectivity index (χ3n) is 3.27. The number of carbonyl (C=O) groups is 1. The standard InChI is InChI=1S/C17H16FN3O5/c1-2-26-15-9-14(21(24)25)8-12(17(15)23)10-19-20-16(22)7-11-3-5-13(18)6-4-11/h3-6,8-10,23H,2,7H2,1H3,(H,20,22)/b19-10+. The lowest BCUT2D eigenvalue weighted by atomic mass is 10.1. The molecule has 0 aliphatic heterocycles. The molecule has 0 aliphatic rings. The van der Waals surface area contributed by atoms with Gasteiger partial charge in [-0.15, -0.1) is 0 Å². The molecule has 0 aliphatic carbocycles. The zero-order valence-corrected chi connectivity index (χ0v) is 13.8. The van der Waals surface area contributed by atoms with Crippen molar-refractivity contribution in [2.24, 2.45) is 5.10 Å². The predicted molar refractivity (Wildman–Crippen MR) is 91.8 cm³/mol. The van der Waals surface area contributed by atoms with Gasteiger partial charge in [-0.1, -0.05) is 12.1 Å². The minimum absolute atomic E-state index is 0.0183. The van der Waals surface area contributed by atoms with Gasteiger partial charge < -0.3 is 9.84 Å². The fourth-order valence-electron chi connectivity index (χ4n) is 2.08. The first-order valence-corrected chi connectivity index (χ1v) is 7.61. The van der Waals surface area contributed by atoms with E-state index in [1.54, 1.807) is 6.92 Å². The van der Waals surface area contributed by atoms with Crippen molar-refractivity contribution < 1.29 is 24.0 Å². The zero-order valence-electron chi connectivity index (χ0n) is 13.8. The second-order valence-corrected chi connectivity index (χ2v) is 5.17. The van der Waals surface area contributed by atoms with E-state index in [1.165, 1.54) is 24.3 Å². The Hall–Kier alpha value is -3.49. The number of hydrogen-bond acceptors (Lipinski definition) is 6. The number of carbonyl (C=O) groups excluding carboxylic acids is 1. The molecule has 0 heterocycles. The molecule has 0 fully saturated rings. The van der Waals surface area contributed by atoms with Crippen LogP contribution in [0.5, 0.6) is 11.5 Å². The van der Waals surface area contributed by atoms with E-state index < -0.39 is 16.6 Å². The highest BCUT2D eigenvalue weighted by atomic mass is 19.1. The number of nitrogens with zero attached hydrogens (tertiary/aromatic N) is 2. The van der Waals surface area contributed by atoms with E-state index in [9.17, 15) is 24.4 Å². The maximum atomic E-state index is 12.8. The van der Waals surface area contributed by atoms with Crippen molar-refractivity contribution in [1.29, 1.82) is 0 Å². The average molecular weight is 361 g/mol. The lowest BCUT2D eigenvalue weighted by molar-refractivity contribution is -0.385. The van der Waals surface area contributed by atoms with Gasteiger partial charge in [0.2, 0.25) is 5.91 Å². The molecule has 0 aromatic heterocycles. The molecule has 2 aromatic rings. The molecule has 0 atom stereocenters. The van der Waals surface area contributed by atoms with E-state index in [0.29, 0.717) is 5.56 Å². The Kier molecular flexibility index (Phi) is 6.20. The Morgan fingerprint density at radius 1 is 1.38 bits per heavy atom. The molecule has 0 saturated carbocycles. The summed E-state index contributed by atoms with van der Waals surface area (Å²) in [6.45, 7) is 1.88. The Labute approximate surface area is 148 Å². The highest BCUT2D eigenvalue weighted by Gasteiger charge is 2.16. The summed E-state index contributed by atoms with van der Waals surface area (Å²) in [5.74, 6) is -1.25. The number of nitro benzene ring substituents is 1. The van der Waals surface area contributed by atoms with E-state index in [4.69, 9.17) is 4.74 Å². The first-order chi connectivity index (χ1) is 12.4. The largest absolute Gasteiger partial charge is 0.504 e. The number of non-ortho nitro benzene ring substituents is 1. The number of benzene rings is 2. The smallest absolute Gasteiger partial charge is 0.274 e. The predicted octanol–water partition coefficient (Wildman–Crippen LogP) is 2.53. The van der Waals surface area contributed by atoms with Crippen molar-refractivity contribution in [2.75, 3.05) is 6.61 Å². The first-order valence-electron chi connectivity index (χ1n) is 7.61. The molecule has 2 rings (SSSR count). The molecule has 0 spiro atoms. The fraction of sp³-hybridized carbons (Fsp3) is 0.176. The van der Waals surface area contributed by atoms with Gasteiger partial charge in [-0.05, 0) is 24.6 Å². The molecule has 0 unspecified atom stereocenters. The Balaban J connectivity index is 2.10. The number of hydrogen-bond donors (Lipinski definition) is 2. The number of hydrazone groups is 1. The molecule has 0 radical (unpaired) electrons. The number of amides is 1. The Bertz CT molecular complexity index is 837. The normalized spacial score (nSPS) is 10.7. The summed E-state index contributed by atoms with van der Waals surface area (Å²) < 4.78 is 18.0. The minimum atomic E-state index is -0.633. The Morgan fingerprint density at radius 2 is 2.08 bits per heavy atom. The molecule has 136 valence electrons. The molecule has 0 bridgehead atoms. The maximum absolute atomic E-state index is 12.8. The second kappa shape index (κ2) is 8.56. The van der Waals surface area contributed by atoms with Crippen LogP contribution in [0.4, 0.5) is 10.1 Å². The van der Waals surface area contributed by atoms with Crippen LogP contribution in [0.2, 0.25) is 0 Å². The van der Waals surface area contributed by atoms with Gasteiger partial charge in [-0.2, -0.15) is 5.10 Å². The number of aromatic hydroxyl groups is 1. The van der Waals surface area contributed by atoms with Crippen molar-refractivity contribution in [1.82, 2.24) is 5.43 Å². The number of rotatable bonds is 7. The van der Waals surface area contributed by atoms with Crippen LogP contribution in [0.15, 0.2) is 41.5 Å². The summed E-state index contributed by atoms with van der Waals surface area (Å²) in [6, 6.07) is 7.63. The summed E-state index contributed by atoms with van der Waals surface area (Å²) in [7, 11) is 0. The van der Waals surface area contributed by atoms with Crippen LogP contribution < -0.4 is 10.2 Å². The van der Waals surface area contributed by atoms with Crippen molar-refractivity contribution in [2.45, 2.75) is 13.3 Å². The highest BCUT2D eigenvalue weighted by Crippen LogP contribution is 2.33. The van der Waals surface area contributed by atoms with Crippen LogP contribution in [0.1, 0.15) is 18.1 Å². The van der Waals surface area contributed by atoms with Gasteiger partial charge in [0.05, 0.1) is 30.2 Å². The van der Waals surface area contributed by atoms with Crippen molar-refractivity contribution in [3.8, 4) is 11.5 Å². The van der Waals surface area contributed by atoms with Gasteiger partial charge in [0, 0.05) is 11.6 Å². The monoisotopic (exact) mass is 361 g/mol. The van der Waals surface area contributed by atoms with Crippen LogP contribution in [0.25, 0.3) is 0 Å². The number of phenolic OH excluding ortho intramolecular Hbond substituents is 1. The summed E-state index contributed by atoms with van der Waals surface area (Å²) in [6.07, 6.45) is 1.05. The first kappa shape index (κ1) is 18.8. The van der Waals surface area contributed by atoms with E-state index in [2.05, 4.69) is 10.5 Å². The molecule has 1 amide bonds. The van der Waals surface area contributed by atoms with Gasteiger partial charge in [0.1, 0.15) is 5.82 Å².